The van der Waals surface area contributed by atoms with E-state index in [9.17, 15) is 9.18 Å². The van der Waals surface area contributed by atoms with E-state index in [0.717, 1.165) is 39.8 Å². The van der Waals surface area contributed by atoms with E-state index in [4.69, 9.17) is 0 Å². The standard InChI is InChI=1S/C18H14FN3O/c19-10-5-6-14-12(9-10)11-7-8-20-18(16(11)21-14)13-3-1-2-4-15(13)22-17(18)23/h1-6,9,20-21H,7-8H2,(H,22,23)/t18-/m0/s1. The molecule has 114 valence electrons. The van der Waals surface area contributed by atoms with Gasteiger partial charge >= 0.3 is 0 Å². The summed E-state index contributed by atoms with van der Waals surface area (Å²) in [7, 11) is 0. The fourth-order valence-electron chi connectivity index (χ4n) is 3.94. The van der Waals surface area contributed by atoms with E-state index < -0.39 is 5.54 Å². The zero-order valence-electron chi connectivity index (χ0n) is 12.2. The Hall–Kier alpha value is -2.66. The van der Waals surface area contributed by atoms with Gasteiger partial charge < -0.3 is 10.3 Å². The van der Waals surface area contributed by atoms with Gasteiger partial charge in [0.25, 0.3) is 5.91 Å². The van der Waals surface area contributed by atoms with Gasteiger partial charge in [-0.1, -0.05) is 18.2 Å². The van der Waals surface area contributed by atoms with Crippen molar-refractivity contribution in [3.8, 4) is 0 Å². The monoisotopic (exact) mass is 307 g/mol. The van der Waals surface area contributed by atoms with Crippen LogP contribution in [0.15, 0.2) is 42.5 Å². The molecule has 0 fully saturated rings. The average molecular weight is 307 g/mol. The van der Waals surface area contributed by atoms with Crippen molar-refractivity contribution in [1.29, 1.82) is 0 Å². The number of fused-ring (bicyclic) bond motifs is 6. The Labute approximate surface area is 131 Å². The fourth-order valence-corrected chi connectivity index (χ4v) is 3.94. The van der Waals surface area contributed by atoms with Gasteiger partial charge in [-0.15, -0.1) is 0 Å². The molecular formula is C18H14FN3O. The predicted molar refractivity (Wildman–Crippen MR) is 85.8 cm³/mol. The molecule has 0 bridgehead atoms. The maximum absolute atomic E-state index is 13.7. The fraction of sp³-hybridized carbons (Fsp3) is 0.167. The Morgan fingerprint density at radius 1 is 1.13 bits per heavy atom. The largest absolute Gasteiger partial charge is 0.356 e. The number of para-hydroxylation sites is 1. The third-order valence-corrected chi connectivity index (χ3v) is 4.93. The van der Waals surface area contributed by atoms with Crippen molar-refractivity contribution in [3.63, 3.8) is 0 Å². The number of rotatable bonds is 0. The highest BCUT2D eigenvalue weighted by atomic mass is 19.1. The highest BCUT2D eigenvalue weighted by molar-refractivity contribution is 6.09. The Kier molecular flexibility index (Phi) is 2.35. The molecule has 5 heteroatoms. The average Bonchev–Trinajstić information content (AvgIpc) is 3.06. The van der Waals surface area contributed by atoms with Crippen LogP contribution in [0.5, 0.6) is 0 Å². The van der Waals surface area contributed by atoms with Crippen LogP contribution in [0.2, 0.25) is 0 Å². The molecule has 1 amide bonds. The van der Waals surface area contributed by atoms with E-state index >= 15 is 0 Å². The summed E-state index contributed by atoms with van der Waals surface area (Å²) >= 11 is 0. The van der Waals surface area contributed by atoms with Crippen LogP contribution < -0.4 is 10.6 Å². The molecule has 3 heterocycles. The third-order valence-electron chi connectivity index (χ3n) is 4.93. The molecule has 5 rings (SSSR count). The maximum atomic E-state index is 13.7. The van der Waals surface area contributed by atoms with Crippen LogP contribution in [-0.2, 0) is 16.8 Å². The lowest BCUT2D eigenvalue weighted by Gasteiger charge is -2.33. The van der Waals surface area contributed by atoms with Crippen LogP contribution in [-0.4, -0.2) is 17.4 Å². The SMILES string of the molecule is O=C1Nc2ccccc2[C@@]12NCCc1c2[nH]c2ccc(F)cc12. The molecule has 0 saturated carbocycles. The van der Waals surface area contributed by atoms with Crippen LogP contribution in [0.25, 0.3) is 10.9 Å². The van der Waals surface area contributed by atoms with Gasteiger partial charge in [0.1, 0.15) is 5.82 Å². The topological polar surface area (TPSA) is 56.9 Å². The van der Waals surface area contributed by atoms with Gasteiger partial charge in [-0.05, 0) is 36.2 Å². The molecule has 23 heavy (non-hydrogen) atoms. The Morgan fingerprint density at radius 2 is 2.00 bits per heavy atom. The molecule has 4 nitrogen and oxygen atoms in total. The van der Waals surface area contributed by atoms with E-state index in [-0.39, 0.29) is 11.7 Å². The summed E-state index contributed by atoms with van der Waals surface area (Å²) in [5.41, 5.74) is 3.52. The lowest BCUT2D eigenvalue weighted by atomic mass is 9.82. The number of carbonyl (C=O) groups excluding carboxylic acids is 1. The summed E-state index contributed by atoms with van der Waals surface area (Å²) in [6.45, 7) is 0.665. The molecule has 3 N–H and O–H groups in total. The molecule has 0 unspecified atom stereocenters. The first-order chi connectivity index (χ1) is 11.2. The number of halogens is 1. The molecule has 2 aliphatic heterocycles. The molecule has 0 saturated heterocycles. The van der Waals surface area contributed by atoms with Gasteiger partial charge in [-0.25, -0.2) is 4.39 Å². The second-order valence-corrected chi connectivity index (χ2v) is 6.09. The summed E-state index contributed by atoms with van der Waals surface area (Å²) in [5, 5.41) is 7.21. The van der Waals surface area contributed by atoms with Crippen LogP contribution in [0.4, 0.5) is 10.1 Å². The molecule has 0 radical (unpaired) electrons. The smallest absolute Gasteiger partial charge is 0.255 e. The molecule has 2 aliphatic rings. The zero-order valence-corrected chi connectivity index (χ0v) is 12.2. The minimum Gasteiger partial charge on any atom is -0.356 e. The minimum absolute atomic E-state index is 0.0910. The maximum Gasteiger partial charge on any atom is 0.255 e. The first-order valence-electron chi connectivity index (χ1n) is 7.67. The predicted octanol–water partition coefficient (Wildman–Crippen LogP) is 2.65. The van der Waals surface area contributed by atoms with Crippen molar-refractivity contribution in [2.45, 2.75) is 12.0 Å². The van der Waals surface area contributed by atoms with Crippen molar-refractivity contribution in [2.75, 3.05) is 11.9 Å². The number of amides is 1. The molecule has 1 atom stereocenters. The molecule has 1 aromatic heterocycles. The van der Waals surface area contributed by atoms with E-state index in [0.29, 0.717) is 6.54 Å². The molecular weight excluding hydrogens is 293 g/mol. The molecule has 3 aromatic rings. The van der Waals surface area contributed by atoms with Gasteiger partial charge in [-0.2, -0.15) is 0 Å². The second kappa shape index (κ2) is 4.20. The van der Waals surface area contributed by atoms with E-state index in [1.54, 1.807) is 12.1 Å². The third kappa shape index (κ3) is 1.50. The number of nitrogens with one attached hydrogen (secondary N) is 3. The Balaban J connectivity index is 1.86. The highest BCUT2D eigenvalue weighted by Crippen LogP contribution is 2.45. The van der Waals surface area contributed by atoms with Gasteiger partial charge in [0.15, 0.2) is 5.54 Å². The van der Waals surface area contributed by atoms with Crippen LogP contribution in [0.3, 0.4) is 0 Å². The normalized spacial score (nSPS) is 22.2. The highest BCUT2D eigenvalue weighted by Gasteiger charge is 2.51. The Morgan fingerprint density at radius 3 is 2.91 bits per heavy atom. The summed E-state index contributed by atoms with van der Waals surface area (Å²) in [4.78, 5) is 16.2. The quantitative estimate of drug-likeness (QED) is 0.598. The second-order valence-electron chi connectivity index (χ2n) is 6.09. The van der Waals surface area contributed by atoms with Crippen LogP contribution in [0.1, 0.15) is 16.8 Å². The summed E-state index contributed by atoms with van der Waals surface area (Å²) in [6.07, 6.45) is 0.760. The van der Waals surface area contributed by atoms with Crippen LogP contribution >= 0.6 is 0 Å². The number of aromatic nitrogens is 1. The van der Waals surface area contributed by atoms with Crippen molar-refractivity contribution in [1.82, 2.24) is 10.3 Å². The number of hydrogen-bond donors (Lipinski definition) is 3. The number of H-pyrrole nitrogens is 1. The number of benzene rings is 2. The van der Waals surface area contributed by atoms with Crippen LogP contribution in [0, 0.1) is 5.82 Å². The van der Waals surface area contributed by atoms with Gasteiger partial charge in [0.05, 0.1) is 5.69 Å². The van der Waals surface area contributed by atoms with Gasteiger partial charge in [0, 0.05) is 28.7 Å². The summed E-state index contributed by atoms with van der Waals surface area (Å²) < 4.78 is 13.7. The number of hydrogen-bond acceptors (Lipinski definition) is 2. The van der Waals surface area contributed by atoms with Crippen molar-refractivity contribution < 1.29 is 9.18 Å². The van der Waals surface area contributed by atoms with E-state index in [2.05, 4.69) is 15.6 Å². The van der Waals surface area contributed by atoms with E-state index in [1.807, 2.05) is 24.3 Å². The Bertz CT molecular complexity index is 978. The molecule has 2 aromatic carbocycles. The van der Waals surface area contributed by atoms with Gasteiger partial charge in [-0.3, -0.25) is 10.1 Å². The molecule has 1 spiro atoms. The first kappa shape index (κ1) is 12.8. The number of aromatic amines is 1. The van der Waals surface area contributed by atoms with E-state index in [1.165, 1.54) is 6.07 Å². The first-order valence-corrected chi connectivity index (χ1v) is 7.67. The van der Waals surface area contributed by atoms with Gasteiger partial charge in [0.2, 0.25) is 0 Å². The number of anilines is 1. The van der Waals surface area contributed by atoms with Crippen molar-refractivity contribution in [2.24, 2.45) is 0 Å². The molecule has 0 aliphatic carbocycles. The lowest BCUT2D eigenvalue weighted by Crippen LogP contribution is -2.53. The summed E-state index contributed by atoms with van der Waals surface area (Å²) in [6, 6.07) is 12.4. The summed E-state index contributed by atoms with van der Waals surface area (Å²) in [5.74, 6) is -0.352. The number of carbonyl (C=O) groups is 1. The van der Waals surface area contributed by atoms with Crippen molar-refractivity contribution in [3.05, 3.63) is 65.1 Å². The lowest BCUT2D eigenvalue weighted by molar-refractivity contribution is -0.120. The minimum atomic E-state index is -0.917. The van der Waals surface area contributed by atoms with Crippen molar-refractivity contribution >= 4 is 22.5 Å². The zero-order chi connectivity index (χ0) is 15.6.